The van der Waals surface area contributed by atoms with E-state index in [9.17, 15) is 12.8 Å². The topological polar surface area (TPSA) is 49.4 Å². The Bertz CT molecular complexity index is 556. The second-order valence-electron chi connectivity index (χ2n) is 4.29. The summed E-state index contributed by atoms with van der Waals surface area (Å²) in [5, 5.41) is 3.15. The molecule has 19 heavy (non-hydrogen) atoms. The van der Waals surface area contributed by atoms with Gasteiger partial charge in [-0.3, -0.25) is 0 Å². The van der Waals surface area contributed by atoms with Gasteiger partial charge in [0.05, 0.1) is 0 Å². The van der Waals surface area contributed by atoms with Gasteiger partial charge in [0.1, 0.15) is 10.7 Å². The van der Waals surface area contributed by atoms with Gasteiger partial charge < -0.3 is 5.32 Å². The number of hydrogen-bond acceptors (Lipinski definition) is 3. The second kappa shape index (κ2) is 6.49. The molecule has 1 N–H and O–H groups in total. The van der Waals surface area contributed by atoms with Crippen LogP contribution in [0.2, 0.25) is 0 Å². The molecule has 0 amide bonds. The Labute approximate surface area is 127 Å². The van der Waals surface area contributed by atoms with Gasteiger partial charge in [0.2, 0.25) is 10.0 Å². The van der Waals surface area contributed by atoms with Gasteiger partial charge in [0.15, 0.2) is 0 Å². The molecule has 1 aromatic rings. The van der Waals surface area contributed by atoms with Crippen molar-refractivity contribution >= 4 is 38.4 Å². The molecule has 1 saturated heterocycles. The number of hydrogen-bond donors (Lipinski definition) is 1. The van der Waals surface area contributed by atoms with Crippen LogP contribution in [0.15, 0.2) is 27.6 Å². The average molecular weight is 374 g/mol. The standard InChI is InChI=1S/C11H14BrFN2O2S.ClH/c1-8-7-15(5-4-14-8)18(16,17)11-6-9(12)2-3-10(11)13;/h2-3,6,8,14H,4-5,7H2,1H3;1H. The molecule has 8 heteroatoms. The van der Waals surface area contributed by atoms with Crippen LogP contribution in [-0.2, 0) is 10.0 Å². The molecule has 0 bridgehead atoms. The lowest BCUT2D eigenvalue weighted by Gasteiger charge is -2.31. The van der Waals surface area contributed by atoms with Crippen LogP contribution in [-0.4, -0.2) is 38.4 Å². The van der Waals surface area contributed by atoms with E-state index in [-0.39, 0.29) is 23.3 Å². The number of piperazine rings is 1. The largest absolute Gasteiger partial charge is 0.312 e. The zero-order valence-electron chi connectivity index (χ0n) is 10.3. The van der Waals surface area contributed by atoms with Gasteiger partial charge in [-0.2, -0.15) is 4.31 Å². The van der Waals surface area contributed by atoms with Crippen molar-refractivity contribution in [3.05, 3.63) is 28.5 Å². The van der Waals surface area contributed by atoms with Crippen LogP contribution in [0.3, 0.4) is 0 Å². The third-order valence-corrected chi connectivity index (χ3v) is 5.22. The molecule has 1 heterocycles. The lowest BCUT2D eigenvalue weighted by atomic mass is 10.3. The summed E-state index contributed by atoms with van der Waals surface area (Å²) >= 11 is 3.16. The molecular weight excluding hydrogens is 359 g/mol. The van der Waals surface area contributed by atoms with Gasteiger partial charge in [0, 0.05) is 30.1 Å². The average Bonchev–Trinajstić information content (AvgIpc) is 2.32. The van der Waals surface area contributed by atoms with Gasteiger partial charge >= 0.3 is 0 Å². The van der Waals surface area contributed by atoms with Crippen molar-refractivity contribution in [1.29, 1.82) is 0 Å². The van der Waals surface area contributed by atoms with Crippen molar-refractivity contribution in [2.75, 3.05) is 19.6 Å². The van der Waals surface area contributed by atoms with Gasteiger partial charge in [-0.15, -0.1) is 12.4 Å². The summed E-state index contributed by atoms with van der Waals surface area (Å²) in [6, 6.07) is 4.01. The van der Waals surface area contributed by atoms with Crippen molar-refractivity contribution in [3.8, 4) is 0 Å². The maximum Gasteiger partial charge on any atom is 0.246 e. The Hall–Kier alpha value is -0.210. The normalized spacial score (nSPS) is 20.9. The molecule has 1 aromatic carbocycles. The number of sulfonamides is 1. The quantitative estimate of drug-likeness (QED) is 0.862. The van der Waals surface area contributed by atoms with Crippen LogP contribution in [0.5, 0.6) is 0 Å². The minimum atomic E-state index is -3.76. The number of benzene rings is 1. The Morgan fingerprint density at radius 2 is 2.16 bits per heavy atom. The fourth-order valence-corrected chi connectivity index (χ4v) is 4.06. The highest BCUT2D eigenvalue weighted by molar-refractivity contribution is 9.10. The number of halogens is 3. The molecular formula is C11H15BrClFN2O2S. The molecule has 0 aromatic heterocycles. The molecule has 2 rings (SSSR count). The van der Waals surface area contributed by atoms with Crippen molar-refractivity contribution in [1.82, 2.24) is 9.62 Å². The molecule has 1 aliphatic heterocycles. The number of rotatable bonds is 2. The van der Waals surface area contributed by atoms with Gasteiger partial charge in [-0.1, -0.05) is 15.9 Å². The lowest BCUT2D eigenvalue weighted by molar-refractivity contribution is 0.309. The van der Waals surface area contributed by atoms with E-state index < -0.39 is 15.8 Å². The van der Waals surface area contributed by atoms with E-state index in [2.05, 4.69) is 21.2 Å². The summed E-state index contributed by atoms with van der Waals surface area (Å²) in [6.45, 7) is 3.20. The van der Waals surface area contributed by atoms with Crippen LogP contribution >= 0.6 is 28.3 Å². The molecule has 1 atom stereocenters. The van der Waals surface area contributed by atoms with E-state index in [4.69, 9.17) is 0 Å². The summed E-state index contributed by atoms with van der Waals surface area (Å²) in [4.78, 5) is -0.272. The summed E-state index contributed by atoms with van der Waals surface area (Å²) < 4.78 is 40.2. The third-order valence-electron chi connectivity index (χ3n) is 2.84. The highest BCUT2D eigenvalue weighted by atomic mass is 79.9. The number of nitrogens with one attached hydrogen (secondary N) is 1. The van der Waals surface area contributed by atoms with Gasteiger partial charge in [0.25, 0.3) is 0 Å². The molecule has 108 valence electrons. The molecule has 1 fully saturated rings. The minimum absolute atomic E-state index is 0. The van der Waals surface area contributed by atoms with Crippen molar-refractivity contribution in [2.45, 2.75) is 17.9 Å². The van der Waals surface area contributed by atoms with Crippen LogP contribution in [0.4, 0.5) is 4.39 Å². The first-order valence-electron chi connectivity index (χ1n) is 5.60. The smallest absolute Gasteiger partial charge is 0.246 e. The fourth-order valence-electron chi connectivity index (χ4n) is 1.93. The SMILES string of the molecule is CC1CN(S(=O)(=O)c2cc(Br)ccc2F)CCN1.Cl. The van der Waals surface area contributed by atoms with Crippen LogP contribution in [0.25, 0.3) is 0 Å². The van der Waals surface area contributed by atoms with Crippen LogP contribution < -0.4 is 5.32 Å². The third kappa shape index (κ3) is 3.66. The Morgan fingerprint density at radius 3 is 2.79 bits per heavy atom. The minimum Gasteiger partial charge on any atom is -0.312 e. The van der Waals surface area contributed by atoms with Crippen LogP contribution in [0.1, 0.15) is 6.92 Å². The first-order chi connectivity index (χ1) is 8.41. The van der Waals surface area contributed by atoms with E-state index in [1.807, 2.05) is 6.92 Å². The van der Waals surface area contributed by atoms with E-state index in [1.54, 1.807) is 0 Å². The first kappa shape index (κ1) is 16.8. The predicted octanol–water partition coefficient (Wildman–Crippen LogP) is 1.99. The first-order valence-corrected chi connectivity index (χ1v) is 7.83. The monoisotopic (exact) mass is 372 g/mol. The van der Waals surface area contributed by atoms with E-state index in [0.29, 0.717) is 24.1 Å². The zero-order chi connectivity index (χ0) is 13.3. The maximum atomic E-state index is 13.7. The Kier molecular flexibility index (Phi) is 5.76. The highest BCUT2D eigenvalue weighted by Crippen LogP contribution is 2.24. The Balaban J connectivity index is 0.00000180. The summed E-state index contributed by atoms with van der Waals surface area (Å²) in [7, 11) is -3.76. The lowest BCUT2D eigenvalue weighted by Crippen LogP contribution is -2.51. The van der Waals surface area contributed by atoms with Crippen molar-refractivity contribution < 1.29 is 12.8 Å². The highest BCUT2D eigenvalue weighted by Gasteiger charge is 2.30. The molecule has 0 spiro atoms. The molecule has 0 saturated carbocycles. The fraction of sp³-hybridized carbons (Fsp3) is 0.455. The second-order valence-corrected chi connectivity index (χ2v) is 7.12. The summed E-state index contributed by atoms with van der Waals surface area (Å²) in [5.41, 5.74) is 0. The zero-order valence-corrected chi connectivity index (χ0v) is 13.5. The number of nitrogens with zero attached hydrogens (tertiary/aromatic N) is 1. The molecule has 4 nitrogen and oxygen atoms in total. The maximum absolute atomic E-state index is 13.7. The summed E-state index contributed by atoms with van der Waals surface area (Å²) in [6.07, 6.45) is 0. The molecule has 1 unspecified atom stereocenters. The van der Waals surface area contributed by atoms with Crippen LogP contribution in [0, 0.1) is 5.82 Å². The van der Waals surface area contributed by atoms with Crippen molar-refractivity contribution in [3.63, 3.8) is 0 Å². The molecule has 1 aliphatic rings. The van der Waals surface area contributed by atoms with E-state index >= 15 is 0 Å². The predicted molar refractivity (Wildman–Crippen MR) is 77.6 cm³/mol. The van der Waals surface area contributed by atoms with Gasteiger partial charge in [-0.05, 0) is 25.1 Å². The van der Waals surface area contributed by atoms with E-state index in [1.165, 1.54) is 16.4 Å². The molecule has 0 radical (unpaired) electrons. The van der Waals surface area contributed by atoms with Gasteiger partial charge in [-0.25, -0.2) is 12.8 Å². The summed E-state index contributed by atoms with van der Waals surface area (Å²) in [5.74, 6) is -0.718. The van der Waals surface area contributed by atoms with E-state index in [0.717, 1.165) is 6.07 Å². The molecule has 0 aliphatic carbocycles. The Morgan fingerprint density at radius 1 is 1.47 bits per heavy atom. The van der Waals surface area contributed by atoms with Crippen molar-refractivity contribution in [2.24, 2.45) is 0 Å².